The summed E-state index contributed by atoms with van der Waals surface area (Å²) in [5, 5.41) is 2.90. The molecule has 5 heteroatoms. The molecule has 2 amide bonds. The zero-order chi connectivity index (χ0) is 16.0. The van der Waals surface area contributed by atoms with Gasteiger partial charge in [0.2, 0.25) is 11.8 Å². The minimum Gasteiger partial charge on any atom is -0.342 e. The second kappa shape index (κ2) is 7.22. The summed E-state index contributed by atoms with van der Waals surface area (Å²) in [6.07, 6.45) is 0.683. The van der Waals surface area contributed by atoms with E-state index in [2.05, 4.69) is 5.32 Å². The van der Waals surface area contributed by atoms with Crippen molar-refractivity contribution in [1.29, 1.82) is 0 Å². The van der Waals surface area contributed by atoms with Crippen LogP contribution in [-0.2, 0) is 16.1 Å². The lowest BCUT2D eigenvalue weighted by Crippen LogP contribution is -2.39. The Kier molecular flexibility index (Phi) is 5.90. The summed E-state index contributed by atoms with van der Waals surface area (Å²) in [7, 11) is 1.75. The molecule has 0 saturated heterocycles. The predicted molar refractivity (Wildman–Crippen MR) is 84.7 cm³/mol. The molecule has 1 aromatic carbocycles. The fourth-order valence-electron chi connectivity index (χ4n) is 1.81. The molecule has 0 bridgehead atoms. The highest BCUT2D eigenvalue weighted by molar-refractivity contribution is 5.95. The minimum absolute atomic E-state index is 0.00567. The normalized spacial score (nSPS) is 13.4. The topological polar surface area (TPSA) is 75.4 Å². The van der Waals surface area contributed by atoms with E-state index in [0.717, 1.165) is 11.3 Å². The van der Waals surface area contributed by atoms with Gasteiger partial charge < -0.3 is 16.0 Å². The van der Waals surface area contributed by atoms with E-state index in [1.165, 1.54) is 6.92 Å². The standard InChI is InChI=1S/C16H25N3O2/c1-5-16(3,11-17)15(21)18-14-8-6-7-13(9-14)10-19(4)12(2)20/h6-9H,5,10-11,17H2,1-4H3,(H,18,21). The first-order chi connectivity index (χ1) is 9.82. The SMILES string of the molecule is CCC(C)(CN)C(=O)Nc1cccc(CN(C)C(C)=O)c1. The van der Waals surface area contributed by atoms with E-state index in [0.29, 0.717) is 19.5 Å². The van der Waals surface area contributed by atoms with Gasteiger partial charge in [-0.2, -0.15) is 0 Å². The Labute approximate surface area is 126 Å². The van der Waals surface area contributed by atoms with Crippen molar-refractivity contribution in [3.05, 3.63) is 29.8 Å². The van der Waals surface area contributed by atoms with Gasteiger partial charge in [-0.25, -0.2) is 0 Å². The lowest BCUT2D eigenvalue weighted by Gasteiger charge is -2.25. The van der Waals surface area contributed by atoms with Crippen molar-refractivity contribution in [2.24, 2.45) is 11.1 Å². The zero-order valence-corrected chi connectivity index (χ0v) is 13.3. The molecule has 5 nitrogen and oxygen atoms in total. The Hall–Kier alpha value is -1.88. The lowest BCUT2D eigenvalue weighted by molar-refractivity contribution is -0.128. The van der Waals surface area contributed by atoms with Crippen LogP contribution in [0.4, 0.5) is 5.69 Å². The molecular formula is C16H25N3O2. The zero-order valence-electron chi connectivity index (χ0n) is 13.3. The van der Waals surface area contributed by atoms with Gasteiger partial charge in [-0.15, -0.1) is 0 Å². The number of amides is 2. The molecule has 0 spiro atoms. The first-order valence-electron chi connectivity index (χ1n) is 7.14. The highest BCUT2D eigenvalue weighted by Crippen LogP contribution is 2.22. The van der Waals surface area contributed by atoms with Crippen LogP contribution in [0.15, 0.2) is 24.3 Å². The molecule has 0 aromatic heterocycles. The summed E-state index contributed by atoms with van der Waals surface area (Å²) in [5.74, 6) is -0.0734. The number of hydrogen-bond acceptors (Lipinski definition) is 3. The highest BCUT2D eigenvalue weighted by Gasteiger charge is 2.29. The third-order valence-electron chi connectivity index (χ3n) is 3.92. The fraction of sp³-hybridized carbons (Fsp3) is 0.500. The summed E-state index contributed by atoms with van der Waals surface area (Å²) in [5.41, 5.74) is 6.83. The molecule has 0 fully saturated rings. The molecule has 1 aromatic rings. The van der Waals surface area contributed by atoms with Crippen molar-refractivity contribution in [2.75, 3.05) is 18.9 Å². The van der Waals surface area contributed by atoms with Crippen molar-refractivity contribution in [1.82, 2.24) is 4.90 Å². The molecule has 0 aliphatic carbocycles. The van der Waals surface area contributed by atoms with E-state index in [4.69, 9.17) is 5.73 Å². The number of rotatable bonds is 6. The van der Waals surface area contributed by atoms with E-state index >= 15 is 0 Å². The largest absolute Gasteiger partial charge is 0.342 e. The number of nitrogens with zero attached hydrogens (tertiary/aromatic N) is 1. The molecule has 21 heavy (non-hydrogen) atoms. The van der Waals surface area contributed by atoms with Crippen LogP contribution in [0.25, 0.3) is 0 Å². The third kappa shape index (κ3) is 4.56. The molecule has 1 atom stereocenters. The summed E-state index contributed by atoms with van der Waals surface area (Å²) >= 11 is 0. The van der Waals surface area contributed by atoms with Gasteiger partial charge in [-0.1, -0.05) is 19.1 Å². The number of hydrogen-bond donors (Lipinski definition) is 2. The summed E-state index contributed by atoms with van der Waals surface area (Å²) in [6.45, 7) is 6.16. The minimum atomic E-state index is -0.563. The van der Waals surface area contributed by atoms with Crippen molar-refractivity contribution in [2.45, 2.75) is 33.7 Å². The van der Waals surface area contributed by atoms with E-state index in [9.17, 15) is 9.59 Å². The molecule has 0 radical (unpaired) electrons. The third-order valence-corrected chi connectivity index (χ3v) is 3.92. The summed E-state index contributed by atoms with van der Waals surface area (Å²) in [4.78, 5) is 25.2. The van der Waals surface area contributed by atoms with Gasteiger partial charge in [0.25, 0.3) is 0 Å². The van der Waals surface area contributed by atoms with Crippen LogP contribution < -0.4 is 11.1 Å². The second-order valence-corrected chi connectivity index (χ2v) is 5.65. The van der Waals surface area contributed by atoms with Crippen molar-refractivity contribution in [3.63, 3.8) is 0 Å². The van der Waals surface area contributed by atoms with Gasteiger partial charge in [-0.3, -0.25) is 9.59 Å². The summed E-state index contributed by atoms with van der Waals surface area (Å²) < 4.78 is 0. The average molecular weight is 291 g/mol. The number of nitrogens with one attached hydrogen (secondary N) is 1. The Morgan fingerprint density at radius 2 is 2.05 bits per heavy atom. The van der Waals surface area contributed by atoms with E-state index in [1.54, 1.807) is 11.9 Å². The van der Waals surface area contributed by atoms with Gasteiger partial charge in [0.05, 0.1) is 5.41 Å². The maximum atomic E-state index is 12.3. The fourth-order valence-corrected chi connectivity index (χ4v) is 1.81. The molecule has 1 rings (SSSR count). The van der Waals surface area contributed by atoms with Gasteiger partial charge in [0.1, 0.15) is 0 Å². The molecule has 1 unspecified atom stereocenters. The number of carbonyl (C=O) groups excluding carboxylic acids is 2. The first-order valence-corrected chi connectivity index (χ1v) is 7.14. The monoisotopic (exact) mass is 291 g/mol. The van der Waals surface area contributed by atoms with Gasteiger partial charge in [0.15, 0.2) is 0 Å². The average Bonchev–Trinajstić information content (AvgIpc) is 2.46. The maximum absolute atomic E-state index is 12.3. The highest BCUT2D eigenvalue weighted by atomic mass is 16.2. The van der Waals surface area contributed by atoms with Crippen LogP contribution >= 0.6 is 0 Å². The number of anilines is 1. The van der Waals surface area contributed by atoms with Crippen LogP contribution in [0.5, 0.6) is 0 Å². The second-order valence-electron chi connectivity index (χ2n) is 5.65. The van der Waals surface area contributed by atoms with Crippen LogP contribution in [0.2, 0.25) is 0 Å². The Morgan fingerprint density at radius 3 is 2.57 bits per heavy atom. The molecule has 0 aliphatic rings. The van der Waals surface area contributed by atoms with Crippen LogP contribution in [0.3, 0.4) is 0 Å². The molecule has 3 N–H and O–H groups in total. The van der Waals surface area contributed by atoms with Gasteiger partial charge >= 0.3 is 0 Å². The van der Waals surface area contributed by atoms with Crippen molar-refractivity contribution >= 4 is 17.5 Å². The van der Waals surface area contributed by atoms with Crippen LogP contribution in [-0.4, -0.2) is 30.3 Å². The molecule has 0 aliphatic heterocycles. The van der Waals surface area contributed by atoms with Crippen LogP contribution in [0.1, 0.15) is 32.8 Å². The molecule has 0 saturated carbocycles. The Bertz CT molecular complexity index is 510. The number of carbonyl (C=O) groups is 2. The molecule has 0 heterocycles. The maximum Gasteiger partial charge on any atom is 0.231 e. The van der Waals surface area contributed by atoms with E-state index in [-0.39, 0.29) is 11.8 Å². The first kappa shape index (κ1) is 17.2. The van der Waals surface area contributed by atoms with E-state index in [1.807, 2.05) is 38.1 Å². The van der Waals surface area contributed by atoms with Crippen molar-refractivity contribution < 1.29 is 9.59 Å². The quantitative estimate of drug-likeness (QED) is 0.841. The summed E-state index contributed by atoms with van der Waals surface area (Å²) in [6, 6.07) is 7.51. The molecule has 116 valence electrons. The predicted octanol–water partition coefficient (Wildman–Crippen LogP) is 1.98. The van der Waals surface area contributed by atoms with Gasteiger partial charge in [-0.05, 0) is 31.0 Å². The Morgan fingerprint density at radius 1 is 1.38 bits per heavy atom. The molecular weight excluding hydrogens is 266 g/mol. The number of benzene rings is 1. The number of nitrogens with two attached hydrogens (primary N) is 1. The lowest BCUT2D eigenvalue weighted by atomic mass is 9.86. The van der Waals surface area contributed by atoms with Crippen molar-refractivity contribution in [3.8, 4) is 0 Å². The van der Waals surface area contributed by atoms with Gasteiger partial charge in [0, 0.05) is 32.7 Å². The van der Waals surface area contributed by atoms with E-state index < -0.39 is 5.41 Å². The van der Waals surface area contributed by atoms with Crippen LogP contribution in [0, 0.1) is 5.41 Å². The Balaban J connectivity index is 2.82. The smallest absolute Gasteiger partial charge is 0.231 e.